The van der Waals surface area contributed by atoms with Gasteiger partial charge < -0.3 is 14.8 Å². The van der Waals surface area contributed by atoms with E-state index in [1.807, 2.05) is 36.7 Å². The van der Waals surface area contributed by atoms with E-state index in [1.54, 1.807) is 22.8 Å². The third-order valence-corrected chi connectivity index (χ3v) is 7.75. The minimum absolute atomic E-state index is 0.286. The first kappa shape index (κ1) is 22.8. The number of nitrogens with zero attached hydrogens (tertiary/aromatic N) is 4. The van der Waals surface area contributed by atoms with Crippen molar-refractivity contribution in [2.45, 2.75) is 30.8 Å². The molecule has 1 fully saturated rings. The van der Waals surface area contributed by atoms with Gasteiger partial charge in [0.15, 0.2) is 5.65 Å². The molecule has 0 aliphatic carbocycles. The number of nitrogens with one attached hydrogen (secondary N) is 1. The lowest BCUT2D eigenvalue weighted by atomic mass is 10.00. The number of hydrogen-bond acceptors (Lipinski definition) is 6. The summed E-state index contributed by atoms with van der Waals surface area (Å²) in [6.45, 7) is 6.48. The van der Waals surface area contributed by atoms with Crippen molar-refractivity contribution < 1.29 is 8.76 Å². The van der Waals surface area contributed by atoms with Gasteiger partial charge in [-0.3, -0.25) is 4.21 Å². The number of aromatic nitrogens is 3. The third kappa shape index (κ3) is 3.87. The van der Waals surface area contributed by atoms with Crippen molar-refractivity contribution in [2.75, 3.05) is 18.0 Å². The molecule has 1 saturated heterocycles. The highest BCUT2D eigenvalue weighted by Crippen LogP contribution is 2.34. The van der Waals surface area contributed by atoms with E-state index < -0.39 is 11.1 Å². The smallest absolute Gasteiger partial charge is 0.162 e. The summed E-state index contributed by atoms with van der Waals surface area (Å²) in [5.74, 6) is 0. The maximum atomic E-state index is 11.7. The van der Waals surface area contributed by atoms with E-state index in [1.165, 1.54) is 5.69 Å². The van der Waals surface area contributed by atoms with Crippen LogP contribution in [0.4, 0.5) is 5.69 Å². The summed E-state index contributed by atoms with van der Waals surface area (Å²) in [4.78, 5) is 7.51. The molecule has 1 unspecified atom stereocenters. The van der Waals surface area contributed by atoms with E-state index in [-0.39, 0.29) is 4.90 Å². The van der Waals surface area contributed by atoms with Gasteiger partial charge in [0.1, 0.15) is 0 Å². The molecule has 1 N–H and O–H groups in total. The molecule has 3 aromatic carbocycles. The van der Waals surface area contributed by atoms with E-state index >= 15 is 0 Å². The van der Waals surface area contributed by atoms with Crippen molar-refractivity contribution in [2.24, 2.45) is 0 Å². The van der Waals surface area contributed by atoms with Crippen LogP contribution in [0.2, 0.25) is 0 Å². The summed E-state index contributed by atoms with van der Waals surface area (Å²) >= 11 is -2.31. The monoisotopic (exact) mass is 496 g/mol. The average molecular weight is 497 g/mol. The average Bonchev–Trinajstić information content (AvgIpc) is 3.31. The Bertz CT molecular complexity index is 1590. The molecule has 5 aromatic rings. The van der Waals surface area contributed by atoms with Crippen LogP contribution in [0.5, 0.6) is 0 Å². The Balaban J connectivity index is 1.36. The standard InChI is InChI=1S/C28H27N5O2S/c1-18-13-29-14-19(2)33(18)22-11-9-20(10-12-22)21-15-30-28-26(16-31-32(28)17-21)24-5-3-7-25-23(24)6-4-8-27(25)36(34)35/h3-12,15-19,29H,13-14H2,1-2H3,(H,34,35)/p-1/t18-,19+. The van der Waals surface area contributed by atoms with Gasteiger partial charge in [0, 0.05) is 59.3 Å². The summed E-state index contributed by atoms with van der Waals surface area (Å²) in [5.41, 5.74) is 5.77. The van der Waals surface area contributed by atoms with Gasteiger partial charge in [0.2, 0.25) is 0 Å². The van der Waals surface area contributed by atoms with Crippen molar-refractivity contribution in [3.8, 4) is 22.3 Å². The predicted molar refractivity (Wildman–Crippen MR) is 143 cm³/mol. The summed E-state index contributed by atoms with van der Waals surface area (Å²) in [6, 6.07) is 20.5. The minimum atomic E-state index is -2.31. The lowest BCUT2D eigenvalue weighted by Crippen LogP contribution is -2.55. The summed E-state index contributed by atoms with van der Waals surface area (Å²) in [6.07, 6.45) is 5.65. The second kappa shape index (κ2) is 9.13. The van der Waals surface area contributed by atoms with Gasteiger partial charge in [-0.1, -0.05) is 42.5 Å². The predicted octanol–water partition coefficient (Wildman–Crippen LogP) is 4.64. The fourth-order valence-electron chi connectivity index (χ4n) is 5.34. The Morgan fingerprint density at radius 2 is 1.61 bits per heavy atom. The van der Waals surface area contributed by atoms with E-state index in [2.05, 4.69) is 53.4 Å². The fourth-order valence-corrected chi connectivity index (χ4v) is 5.89. The lowest BCUT2D eigenvalue weighted by Gasteiger charge is -2.41. The molecule has 0 bridgehead atoms. The molecule has 8 heteroatoms. The van der Waals surface area contributed by atoms with Crippen LogP contribution >= 0.6 is 0 Å². The van der Waals surface area contributed by atoms with Crippen LogP contribution in [0.3, 0.4) is 0 Å². The number of hydrogen-bond donors (Lipinski definition) is 1. The second-order valence-corrected chi connectivity index (χ2v) is 10.3. The van der Waals surface area contributed by atoms with E-state index in [4.69, 9.17) is 4.98 Å². The highest BCUT2D eigenvalue weighted by Gasteiger charge is 2.24. The summed E-state index contributed by atoms with van der Waals surface area (Å²) in [7, 11) is 0. The third-order valence-electron chi connectivity index (χ3n) is 7.04. The number of piperazine rings is 1. The minimum Gasteiger partial charge on any atom is -0.768 e. The molecule has 182 valence electrons. The zero-order chi connectivity index (χ0) is 24.8. The number of anilines is 1. The molecular formula is C28H26N5O2S-. The molecule has 3 atom stereocenters. The molecule has 36 heavy (non-hydrogen) atoms. The van der Waals surface area contributed by atoms with Crippen molar-refractivity contribution in [1.82, 2.24) is 19.9 Å². The summed E-state index contributed by atoms with van der Waals surface area (Å²) in [5, 5.41) is 9.60. The Kier molecular flexibility index (Phi) is 5.79. The highest BCUT2D eigenvalue weighted by molar-refractivity contribution is 7.79. The SMILES string of the molecule is C[C@@H]1CNC[C@H](C)N1c1ccc(-c2cnc3c(-c4cccc5c(S(=O)[O-])cccc45)cnn3c2)cc1. The normalized spacial score (nSPS) is 19.1. The van der Waals surface area contributed by atoms with Gasteiger partial charge in [-0.25, -0.2) is 9.50 Å². The van der Waals surface area contributed by atoms with Crippen LogP contribution < -0.4 is 10.2 Å². The first-order valence-corrected chi connectivity index (χ1v) is 13.1. The van der Waals surface area contributed by atoms with Crippen molar-refractivity contribution in [1.29, 1.82) is 0 Å². The second-order valence-electron chi connectivity index (χ2n) is 9.37. The molecule has 1 aliphatic rings. The van der Waals surface area contributed by atoms with E-state index in [0.29, 0.717) is 17.5 Å². The molecule has 2 aromatic heterocycles. The number of fused-ring (bicyclic) bond motifs is 2. The molecule has 0 spiro atoms. The molecule has 3 heterocycles. The topological polar surface area (TPSA) is 85.6 Å². The maximum absolute atomic E-state index is 11.7. The zero-order valence-corrected chi connectivity index (χ0v) is 20.9. The molecule has 0 saturated carbocycles. The first-order valence-electron chi connectivity index (χ1n) is 12.1. The lowest BCUT2D eigenvalue weighted by molar-refractivity contribution is 0.432. The van der Waals surface area contributed by atoms with Crippen LogP contribution in [0, 0.1) is 0 Å². The van der Waals surface area contributed by atoms with E-state index in [9.17, 15) is 8.76 Å². The Morgan fingerprint density at radius 3 is 2.36 bits per heavy atom. The molecule has 0 amide bonds. The van der Waals surface area contributed by atoms with Gasteiger partial charge >= 0.3 is 0 Å². The fraction of sp³-hybridized carbons (Fsp3) is 0.214. The molecule has 0 radical (unpaired) electrons. The maximum Gasteiger partial charge on any atom is 0.162 e. The Hall–Kier alpha value is -3.59. The van der Waals surface area contributed by atoms with Crippen LogP contribution in [-0.2, 0) is 11.1 Å². The van der Waals surface area contributed by atoms with Crippen LogP contribution in [-0.4, -0.2) is 48.5 Å². The van der Waals surface area contributed by atoms with Gasteiger partial charge in [0.05, 0.1) is 6.20 Å². The van der Waals surface area contributed by atoms with Crippen LogP contribution in [0.25, 0.3) is 38.7 Å². The van der Waals surface area contributed by atoms with Crippen molar-refractivity contribution in [3.05, 3.63) is 79.3 Å². The van der Waals surface area contributed by atoms with E-state index in [0.717, 1.165) is 46.4 Å². The largest absolute Gasteiger partial charge is 0.768 e. The van der Waals surface area contributed by atoms with Crippen LogP contribution in [0.1, 0.15) is 13.8 Å². The molecule has 7 nitrogen and oxygen atoms in total. The highest BCUT2D eigenvalue weighted by atomic mass is 32.2. The molecular weight excluding hydrogens is 470 g/mol. The Morgan fingerprint density at radius 1 is 0.889 bits per heavy atom. The molecule has 6 rings (SSSR count). The number of benzene rings is 3. The quantitative estimate of drug-likeness (QED) is 0.365. The van der Waals surface area contributed by atoms with Crippen molar-refractivity contribution >= 4 is 33.2 Å². The Labute approximate surface area is 212 Å². The van der Waals surface area contributed by atoms with Gasteiger partial charge in [0.25, 0.3) is 0 Å². The van der Waals surface area contributed by atoms with Gasteiger partial charge in [-0.2, -0.15) is 5.10 Å². The first-order chi connectivity index (χ1) is 17.5. The van der Waals surface area contributed by atoms with Gasteiger partial charge in [-0.15, -0.1) is 0 Å². The zero-order valence-electron chi connectivity index (χ0n) is 20.1. The van der Waals surface area contributed by atoms with Crippen molar-refractivity contribution in [3.63, 3.8) is 0 Å². The molecule has 1 aliphatic heterocycles. The summed E-state index contributed by atoms with van der Waals surface area (Å²) < 4.78 is 25.2. The van der Waals surface area contributed by atoms with Gasteiger partial charge in [-0.05, 0) is 65.0 Å². The number of rotatable bonds is 4. The van der Waals surface area contributed by atoms with Crippen LogP contribution in [0.15, 0.2) is 84.1 Å².